The molecule has 0 spiro atoms. The molecule has 1 aromatic heterocycles. The SMILES string of the molecule is COc1ccccc1-n1ccn(CC(=O)c2ccc(Cl)cc2)c(=O)c1=O. The van der Waals surface area contributed by atoms with Gasteiger partial charge in [0.05, 0.1) is 19.3 Å². The van der Waals surface area contributed by atoms with E-state index in [-0.39, 0.29) is 12.3 Å². The first kappa shape index (κ1) is 17.7. The highest BCUT2D eigenvalue weighted by molar-refractivity contribution is 6.30. The van der Waals surface area contributed by atoms with Gasteiger partial charge in [-0.25, -0.2) is 0 Å². The topological polar surface area (TPSA) is 70.3 Å². The van der Waals surface area contributed by atoms with Crippen LogP contribution >= 0.6 is 11.6 Å². The van der Waals surface area contributed by atoms with Crippen LogP contribution in [0.25, 0.3) is 5.69 Å². The summed E-state index contributed by atoms with van der Waals surface area (Å²) in [6, 6.07) is 13.2. The summed E-state index contributed by atoms with van der Waals surface area (Å²) in [7, 11) is 1.48. The lowest BCUT2D eigenvalue weighted by Gasteiger charge is -2.11. The quantitative estimate of drug-likeness (QED) is 0.511. The van der Waals surface area contributed by atoms with Crippen molar-refractivity contribution in [1.82, 2.24) is 9.13 Å². The number of aromatic nitrogens is 2. The van der Waals surface area contributed by atoms with Crippen molar-refractivity contribution in [2.45, 2.75) is 6.54 Å². The van der Waals surface area contributed by atoms with E-state index in [0.717, 1.165) is 4.57 Å². The van der Waals surface area contributed by atoms with Crippen molar-refractivity contribution >= 4 is 17.4 Å². The highest BCUT2D eigenvalue weighted by atomic mass is 35.5. The second kappa shape index (κ2) is 7.41. The predicted octanol–water partition coefficient (Wildman–Crippen LogP) is 2.54. The second-order valence-corrected chi connectivity index (χ2v) is 5.94. The van der Waals surface area contributed by atoms with Crippen molar-refractivity contribution < 1.29 is 9.53 Å². The Balaban J connectivity index is 1.95. The molecule has 0 atom stereocenters. The number of halogens is 1. The molecule has 3 rings (SSSR count). The third-order valence-corrected chi connectivity index (χ3v) is 4.14. The number of ketones is 1. The Labute approximate surface area is 153 Å². The number of methoxy groups -OCH3 is 1. The monoisotopic (exact) mass is 370 g/mol. The summed E-state index contributed by atoms with van der Waals surface area (Å²) in [5.41, 5.74) is -0.690. The van der Waals surface area contributed by atoms with E-state index in [9.17, 15) is 14.4 Å². The number of benzene rings is 2. The van der Waals surface area contributed by atoms with Crippen molar-refractivity contribution in [3.8, 4) is 11.4 Å². The van der Waals surface area contributed by atoms with Gasteiger partial charge in [0.2, 0.25) is 0 Å². The summed E-state index contributed by atoms with van der Waals surface area (Å²) in [5.74, 6) is 0.169. The molecule has 132 valence electrons. The average Bonchev–Trinajstić information content (AvgIpc) is 2.66. The van der Waals surface area contributed by atoms with Crippen LogP contribution in [0.2, 0.25) is 5.02 Å². The first-order chi connectivity index (χ1) is 12.5. The maximum atomic E-state index is 12.5. The van der Waals surface area contributed by atoms with E-state index >= 15 is 0 Å². The van der Waals surface area contributed by atoms with Crippen LogP contribution < -0.4 is 15.9 Å². The third-order valence-electron chi connectivity index (χ3n) is 3.88. The number of para-hydroxylation sites is 2. The van der Waals surface area contributed by atoms with Crippen LogP contribution in [0.3, 0.4) is 0 Å². The minimum atomic E-state index is -0.791. The van der Waals surface area contributed by atoms with Crippen molar-refractivity contribution in [2.75, 3.05) is 7.11 Å². The third kappa shape index (κ3) is 3.45. The molecule has 0 saturated carbocycles. The number of carbonyl (C=O) groups excluding carboxylic acids is 1. The molecule has 0 saturated heterocycles. The van der Waals surface area contributed by atoms with E-state index in [4.69, 9.17) is 16.3 Å². The van der Waals surface area contributed by atoms with Gasteiger partial charge < -0.3 is 9.30 Å². The summed E-state index contributed by atoms with van der Waals surface area (Å²) in [6.45, 7) is -0.234. The Kier molecular flexibility index (Phi) is 5.04. The predicted molar refractivity (Wildman–Crippen MR) is 98.6 cm³/mol. The van der Waals surface area contributed by atoms with Gasteiger partial charge in [-0.05, 0) is 36.4 Å². The van der Waals surface area contributed by atoms with Crippen LogP contribution in [0.1, 0.15) is 10.4 Å². The fourth-order valence-electron chi connectivity index (χ4n) is 2.53. The Morgan fingerprint density at radius 1 is 1.00 bits per heavy atom. The van der Waals surface area contributed by atoms with Crippen LogP contribution in [-0.4, -0.2) is 22.0 Å². The van der Waals surface area contributed by atoms with Crippen molar-refractivity contribution in [3.63, 3.8) is 0 Å². The summed E-state index contributed by atoms with van der Waals surface area (Å²) in [5, 5.41) is 0.512. The first-order valence-corrected chi connectivity index (χ1v) is 8.13. The zero-order valence-corrected chi connectivity index (χ0v) is 14.6. The number of carbonyl (C=O) groups is 1. The molecule has 0 aliphatic rings. The van der Waals surface area contributed by atoms with Crippen molar-refractivity contribution in [1.29, 1.82) is 0 Å². The minimum absolute atomic E-state index is 0.234. The van der Waals surface area contributed by atoms with Gasteiger partial charge in [-0.15, -0.1) is 0 Å². The normalized spacial score (nSPS) is 10.5. The summed E-state index contributed by atoms with van der Waals surface area (Å²) in [6.07, 6.45) is 2.85. The molecule has 0 amide bonds. The first-order valence-electron chi connectivity index (χ1n) is 7.75. The zero-order valence-electron chi connectivity index (χ0n) is 13.9. The van der Waals surface area contributed by atoms with Gasteiger partial charge >= 0.3 is 11.1 Å². The van der Waals surface area contributed by atoms with Crippen LogP contribution in [-0.2, 0) is 6.54 Å². The number of nitrogens with zero attached hydrogens (tertiary/aromatic N) is 2. The van der Waals surface area contributed by atoms with Gasteiger partial charge in [0.25, 0.3) is 0 Å². The molecule has 0 radical (unpaired) electrons. The number of rotatable bonds is 5. The van der Waals surface area contributed by atoms with E-state index in [1.165, 1.54) is 24.1 Å². The molecule has 0 bridgehead atoms. The Morgan fingerprint density at radius 3 is 2.38 bits per heavy atom. The molecule has 0 aliphatic carbocycles. The van der Waals surface area contributed by atoms with Gasteiger partial charge in [-0.2, -0.15) is 0 Å². The van der Waals surface area contributed by atoms with Crippen LogP contribution in [0.4, 0.5) is 0 Å². The van der Waals surface area contributed by atoms with Gasteiger partial charge in [0.1, 0.15) is 5.75 Å². The molecule has 3 aromatic rings. The smallest absolute Gasteiger partial charge is 0.321 e. The van der Waals surface area contributed by atoms with E-state index in [2.05, 4.69) is 0 Å². The van der Waals surface area contributed by atoms with E-state index in [1.807, 2.05) is 0 Å². The molecular weight excluding hydrogens is 356 g/mol. The van der Waals surface area contributed by atoms with Crippen LogP contribution in [0.15, 0.2) is 70.5 Å². The van der Waals surface area contributed by atoms with Crippen molar-refractivity contribution in [3.05, 3.63) is 92.2 Å². The Bertz CT molecular complexity index is 1070. The summed E-state index contributed by atoms with van der Waals surface area (Å²) < 4.78 is 7.51. The second-order valence-electron chi connectivity index (χ2n) is 5.51. The maximum Gasteiger partial charge on any atom is 0.321 e. The lowest BCUT2D eigenvalue weighted by atomic mass is 10.1. The lowest BCUT2D eigenvalue weighted by Crippen LogP contribution is -2.41. The highest BCUT2D eigenvalue weighted by Crippen LogP contribution is 2.19. The van der Waals surface area contributed by atoms with Crippen molar-refractivity contribution in [2.24, 2.45) is 0 Å². The number of Topliss-reactive ketones (excluding diaryl/α,β-unsaturated/α-hetero) is 1. The van der Waals surface area contributed by atoms with E-state index in [1.54, 1.807) is 48.5 Å². The molecule has 2 aromatic carbocycles. The van der Waals surface area contributed by atoms with Gasteiger partial charge in [0.15, 0.2) is 5.78 Å². The summed E-state index contributed by atoms with van der Waals surface area (Å²) >= 11 is 5.80. The number of hydrogen-bond acceptors (Lipinski definition) is 4. The van der Waals surface area contributed by atoms with Gasteiger partial charge in [0, 0.05) is 23.0 Å². The molecule has 0 unspecified atom stereocenters. The maximum absolute atomic E-state index is 12.5. The molecule has 26 heavy (non-hydrogen) atoms. The van der Waals surface area contributed by atoms with Crippen LogP contribution in [0, 0.1) is 0 Å². The summed E-state index contributed by atoms with van der Waals surface area (Å²) in [4.78, 5) is 37.2. The fraction of sp³-hybridized carbons (Fsp3) is 0.105. The molecule has 0 N–H and O–H groups in total. The van der Waals surface area contributed by atoms with Gasteiger partial charge in [-0.1, -0.05) is 23.7 Å². The molecule has 6 nitrogen and oxygen atoms in total. The number of hydrogen-bond donors (Lipinski definition) is 0. The largest absolute Gasteiger partial charge is 0.495 e. The molecular formula is C19H15ClN2O4. The van der Waals surface area contributed by atoms with Crippen LogP contribution in [0.5, 0.6) is 5.75 Å². The fourth-order valence-corrected chi connectivity index (χ4v) is 2.66. The Morgan fingerprint density at radius 2 is 1.69 bits per heavy atom. The standard InChI is InChI=1S/C19H15ClN2O4/c1-26-17-5-3-2-4-15(17)22-11-10-21(18(24)19(22)25)12-16(23)13-6-8-14(20)9-7-13/h2-11H,12H2,1H3. The minimum Gasteiger partial charge on any atom is -0.495 e. The molecule has 7 heteroatoms. The average molecular weight is 371 g/mol. The number of ether oxygens (including phenoxy) is 1. The van der Waals surface area contributed by atoms with Gasteiger partial charge in [-0.3, -0.25) is 19.0 Å². The molecule has 1 heterocycles. The van der Waals surface area contributed by atoms with E-state index in [0.29, 0.717) is 22.0 Å². The molecule has 0 aliphatic heterocycles. The highest BCUT2D eigenvalue weighted by Gasteiger charge is 2.13. The van der Waals surface area contributed by atoms with E-state index < -0.39 is 11.1 Å². The lowest BCUT2D eigenvalue weighted by molar-refractivity contribution is 0.0970. The molecule has 0 fully saturated rings. The zero-order chi connectivity index (χ0) is 18.7. The Hall–Kier alpha value is -3.12.